The van der Waals surface area contributed by atoms with E-state index in [1.54, 1.807) is 7.11 Å². The van der Waals surface area contributed by atoms with Crippen LogP contribution in [-0.4, -0.2) is 26.8 Å². The molecule has 0 radical (unpaired) electrons. The van der Waals surface area contributed by atoms with Crippen molar-refractivity contribution in [1.29, 1.82) is 0 Å². The molecule has 2 heteroatoms. The van der Waals surface area contributed by atoms with E-state index in [1.165, 1.54) is 58.0 Å². The molecule has 0 atom stereocenters. The number of methoxy groups -OCH3 is 1. The van der Waals surface area contributed by atoms with Crippen LogP contribution in [0.3, 0.4) is 0 Å². The van der Waals surface area contributed by atoms with Crippen LogP contribution in [0, 0.1) is 5.92 Å². The van der Waals surface area contributed by atoms with Crippen LogP contribution >= 0.6 is 0 Å². The quantitative estimate of drug-likeness (QED) is 0.607. The van der Waals surface area contributed by atoms with E-state index in [1.807, 2.05) is 0 Å². The second-order valence-corrected chi connectivity index (χ2v) is 4.41. The molecule has 1 fully saturated rings. The maximum absolute atomic E-state index is 5.01. The Bertz CT molecular complexity index is 121. The zero-order chi connectivity index (χ0) is 10.1. The van der Waals surface area contributed by atoms with E-state index in [9.17, 15) is 0 Å². The second kappa shape index (κ2) is 8.25. The molecule has 0 unspecified atom stereocenters. The van der Waals surface area contributed by atoms with Gasteiger partial charge in [-0.3, -0.25) is 0 Å². The van der Waals surface area contributed by atoms with Gasteiger partial charge in [-0.2, -0.15) is 0 Å². The monoisotopic (exact) mass is 199 g/mol. The van der Waals surface area contributed by atoms with E-state index in [0.29, 0.717) is 0 Å². The number of unbranched alkanes of at least 4 members (excludes halogenated alkanes) is 2. The highest BCUT2D eigenvalue weighted by Crippen LogP contribution is 2.23. The third-order valence-corrected chi connectivity index (χ3v) is 3.11. The van der Waals surface area contributed by atoms with Gasteiger partial charge >= 0.3 is 0 Å². The second-order valence-electron chi connectivity index (χ2n) is 4.41. The van der Waals surface area contributed by atoms with Gasteiger partial charge < -0.3 is 10.1 Å². The Hall–Kier alpha value is -0.0800. The van der Waals surface area contributed by atoms with Crippen LogP contribution in [0.1, 0.15) is 44.9 Å². The van der Waals surface area contributed by atoms with E-state index >= 15 is 0 Å². The van der Waals surface area contributed by atoms with Crippen LogP contribution < -0.4 is 5.32 Å². The maximum atomic E-state index is 5.01. The standard InChI is InChI=1S/C12H25NO/c1-14-10-6-2-5-9-13-11-12-7-3-4-8-12/h12-13H,2-11H2,1H3. The molecule has 84 valence electrons. The minimum Gasteiger partial charge on any atom is -0.385 e. The first-order valence-corrected chi connectivity index (χ1v) is 6.13. The smallest absolute Gasteiger partial charge is 0.0462 e. The van der Waals surface area contributed by atoms with Crippen LogP contribution in [-0.2, 0) is 4.74 Å². The first-order valence-electron chi connectivity index (χ1n) is 6.13. The first kappa shape index (κ1) is 12.0. The van der Waals surface area contributed by atoms with E-state index in [0.717, 1.165) is 12.5 Å². The summed E-state index contributed by atoms with van der Waals surface area (Å²) in [7, 11) is 1.78. The molecule has 1 N–H and O–H groups in total. The zero-order valence-corrected chi connectivity index (χ0v) is 9.56. The lowest BCUT2D eigenvalue weighted by Gasteiger charge is -2.09. The summed E-state index contributed by atoms with van der Waals surface area (Å²) in [5.74, 6) is 0.981. The van der Waals surface area contributed by atoms with Gasteiger partial charge in [0, 0.05) is 13.7 Å². The van der Waals surface area contributed by atoms with Crippen molar-refractivity contribution in [2.24, 2.45) is 5.92 Å². The molecular formula is C12H25NO. The number of hydrogen-bond donors (Lipinski definition) is 1. The fourth-order valence-corrected chi connectivity index (χ4v) is 2.19. The maximum Gasteiger partial charge on any atom is 0.0462 e. The fourth-order valence-electron chi connectivity index (χ4n) is 2.19. The van der Waals surface area contributed by atoms with E-state index < -0.39 is 0 Å². The van der Waals surface area contributed by atoms with E-state index in [-0.39, 0.29) is 0 Å². The molecular weight excluding hydrogens is 174 g/mol. The molecule has 0 saturated heterocycles. The van der Waals surface area contributed by atoms with Crippen LogP contribution in [0.25, 0.3) is 0 Å². The predicted octanol–water partition coefficient (Wildman–Crippen LogP) is 2.58. The van der Waals surface area contributed by atoms with Crippen molar-refractivity contribution in [1.82, 2.24) is 5.32 Å². The Kier molecular flexibility index (Phi) is 7.06. The predicted molar refractivity (Wildman–Crippen MR) is 60.6 cm³/mol. The molecule has 1 aliphatic rings. The van der Waals surface area contributed by atoms with Crippen LogP contribution in [0.4, 0.5) is 0 Å². The Balaban J connectivity index is 1.75. The number of nitrogens with one attached hydrogen (secondary N) is 1. The van der Waals surface area contributed by atoms with Gasteiger partial charge in [0.1, 0.15) is 0 Å². The van der Waals surface area contributed by atoms with Gasteiger partial charge in [-0.05, 0) is 51.1 Å². The van der Waals surface area contributed by atoms with Crippen molar-refractivity contribution in [3.8, 4) is 0 Å². The zero-order valence-electron chi connectivity index (χ0n) is 9.56. The highest BCUT2D eigenvalue weighted by atomic mass is 16.5. The largest absolute Gasteiger partial charge is 0.385 e. The molecule has 0 amide bonds. The lowest BCUT2D eigenvalue weighted by atomic mass is 10.1. The molecule has 0 spiro atoms. The molecule has 0 aromatic carbocycles. The highest BCUT2D eigenvalue weighted by Gasteiger charge is 2.13. The molecule has 0 heterocycles. The van der Waals surface area contributed by atoms with Gasteiger partial charge in [-0.25, -0.2) is 0 Å². The molecule has 14 heavy (non-hydrogen) atoms. The molecule has 1 aliphatic carbocycles. The normalized spacial score (nSPS) is 17.8. The van der Waals surface area contributed by atoms with Crippen LogP contribution in [0.5, 0.6) is 0 Å². The third kappa shape index (κ3) is 5.61. The average molecular weight is 199 g/mol. The molecule has 0 aromatic heterocycles. The number of rotatable bonds is 8. The van der Waals surface area contributed by atoms with Crippen molar-refractivity contribution in [2.75, 3.05) is 26.8 Å². The van der Waals surface area contributed by atoms with Crippen LogP contribution in [0.2, 0.25) is 0 Å². The summed E-state index contributed by atoms with van der Waals surface area (Å²) in [6.45, 7) is 3.37. The minimum atomic E-state index is 0.919. The van der Waals surface area contributed by atoms with Gasteiger partial charge in [0.05, 0.1) is 0 Å². The summed E-state index contributed by atoms with van der Waals surface area (Å²) in [4.78, 5) is 0. The van der Waals surface area contributed by atoms with Crippen molar-refractivity contribution in [3.63, 3.8) is 0 Å². The highest BCUT2D eigenvalue weighted by molar-refractivity contribution is 4.69. The average Bonchev–Trinajstić information content (AvgIpc) is 2.69. The molecule has 0 bridgehead atoms. The molecule has 1 rings (SSSR count). The number of hydrogen-bond acceptors (Lipinski definition) is 2. The lowest BCUT2D eigenvalue weighted by Crippen LogP contribution is -2.22. The van der Waals surface area contributed by atoms with Gasteiger partial charge in [0.25, 0.3) is 0 Å². The topological polar surface area (TPSA) is 21.3 Å². The van der Waals surface area contributed by atoms with E-state index in [4.69, 9.17) is 4.74 Å². The van der Waals surface area contributed by atoms with Gasteiger partial charge in [-0.1, -0.05) is 12.8 Å². The summed E-state index contributed by atoms with van der Waals surface area (Å²) in [6.07, 6.45) is 9.64. The van der Waals surface area contributed by atoms with Gasteiger partial charge in [0.15, 0.2) is 0 Å². The fraction of sp³-hybridized carbons (Fsp3) is 1.00. The Morgan fingerprint density at radius 3 is 2.64 bits per heavy atom. The van der Waals surface area contributed by atoms with Crippen molar-refractivity contribution in [2.45, 2.75) is 44.9 Å². The van der Waals surface area contributed by atoms with Crippen LogP contribution in [0.15, 0.2) is 0 Å². The summed E-state index contributed by atoms with van der Waals surface area (Å²) >= 11 is 0. The molecule has 2 nitrogen and oxygen atoms in total. The molecule has 1 saturated carbocycles. The van der Waals surface area contributed by atoms with Crippen molar-refractivity contribution < 1.29 is 4.74 Å². The van der Waals surface area contributed by atoms with Crippen molar-refractivity contribution in [3.05, 3.63) is 0 Å². The summed E-state index contributed by atoms with van der Waals surface area (Å²) in [6, 6.07) is 0. The Morgan fingerprint density at radius 2 is 1.93 bits per heavy atom. The summed E-state index contributed by atoms with van der Waals surface area (Å²) in [5, 5.41) is 3.56. The third-order valence-electron chi connectivity index (χ3n) is 3.11. The Morgan fingerprint density at radius 1 is 1.14 bits per heavy atom. The first-order chi connectivity index (χ1) is 6.93. The van der Waals surface area contributed by atoms with Gasteiger partial charge in [0.2, 0.25) is 0 Å². The summed E-state index contributed by atoms with van der Waals surface area (Å²) < 4.78 is 5.01. The summed E-state index contributed by atoms with van der Waals surface area (Å²) in [5.41, 5.74) is 0. The Labute approximate surface area is 88.4 Å². The lowest BCUT2D eigenvalue weighted by molar-refractivity contribution is 0.192. The number of ether oxygens (including phenoxy) is 1. The SMILES string of the molecule is COCCCCCNCC1CCCC1. The van der Waals surface area contributed by atoms with Crippen molar-refractivity contribution >= 4 is 0 Å². The molecule has 0 aliphatic heterocycles. The van der Waals surface area contributed by atoms with E-state index in [2.05, 4.69) is 5.32 Å². The van der Waals surface area contributed by atoms with Gasteiger partial charge in [-0.15, -0.1) is 0 Å². The minimum absolute atomic E-state index is 0.919. The molecule has 0 aromatic rings.